The average Bonchev–Trinajstić information content (AvgIpc) is 2.08. The number of carbonyl (C=O) groups is 1. The highest BCUT2D eigenvalue weighted by Gasteiger charge is 2.15. The molecule has 3 heteroatoms. The van der Waals surface area contributed by atoms with Gasteiger partial charge in [-0.1, -0.05) is 12.7 Å². The molecule has 0 saturated heterocycles. The lowest BCUT2D eigenvalue weighted by Gasteiger charge is -2.15. The first-order chi connectivity index (χ1) is 6.13. The maximum absolute atomic E-state index is 10.4. The Morgan fingerprint density at radius 3 is 2.92 bits per heavy atom. The molecule has 0 saturated carbocycles. The van der Waals surface area contributed by atoms with Crippen molar-refractivity contribution in [2.75, 3.05) is 7.11 Å². The zero-order valence-corrected chi connectivity index (χ0v) is 7.49. The minimum atomic E-state index is -0.815. The second-order valence-corrected chi connectivity index (χ2v) is 2.89. The van der Waals surface area contributed by atoms with Crippen molar-refractivity contribution in [2.45, 2.75) is 6.42 Å². The van der Waals surface area contributed by atoms with Crippen molar-refractivity contribution in [3.8, 4) is 0 Å². The molecule has 0 fully saturated rings. The molecule has 1 N–H and O–H groups in total. The first-order valence-electron chi connectivity index (χ1n) is 3.98. The van der Waals surface area contributed by atoms with Gasteiger partial charge in [-0.3, -0.25) is 4.79 Å². The van der Waals surface area contributed by atoms with Crippen LogP contribution in [-0.2, 0) is 9.53 Å². The zero-order chi connectivity index (χ0) is 9.84. The number of carboxylic acid groups (broad SMARTS) is 1. The molecule has 1 atom stereocenters. The molecule has 0 amide bonds. The van der Waals surface area contributed by atoms with E-state index in [1.807, 2.05) is 0 Å². The topological polar surface area (TPSA) is 46.5 Å². The van der Waals surface area contributed by atoms with Crippen LogP contribution >= 0.6 is 0 Å². The van der Waals surface area contributed by atoms with Gasteiger partial charge in [0.05, 0.1) is 13.5 Å². The lowest BCUT2D eigenvalue weighted by molar-refractivity contribution is -0.137. The van der Waals surface area contributed by atoms with Crippen LogP contribution in [0.3, 0.4) is 0 Å². The van der Waals surface area contributed by atoms with Crippen molar-refractivity contribution in [3.63, 3.8) is 0 Å². The van der Waals surface area contributed by atoms with Gasteiger partial charge in [0.1, 0.15) is 5.76 Å². The number of hydrogen-bond acceptors (Lipinski definition) is 2. The van der Waals surface area contributed by atoms with Crippen molar-refractivity contribution in [3.05, 3.63) is 36.1 Å². The Labute approximate surface area is 77.0 Å². The standard InChI is InChI=1S/C10H12O3/c1-7-5-9(13-2)4-3-8(7)6-10(11)12/h3-5,8H,1,6H2,2H3,(H,11,12). The van der Waals surface area contributed by atoms with Gasteiger partial charge in [0.25, 0.3) is 0 Å². The van der Waals surface area contributed by atoms with E-state index in [4.69, 9.17) is 9.84 Å². The Kier molecular flexibility index (Phi) is 2.90. The van der Waals surface area contributed by atoms with E-state index in [2.05, 4.69) is 6.58 Å². The molecule has 1 aliphatic rings. The van der Waals surface area contributed by atoms with Crippen molar-refractivity contribution in [1.29, 1.82) is 0 Å². The molecule has 0 radical (unpaired) electrons. The summed E-state index contributed by atoms with van der Waals surface area (Å²) in [6.07, 6.45) is 5.41. The summed E-state index contributed by atoms with van der Waals surface area (Å²) in [6, 6.07) is 0. The van der Waals surface area contributed by atoms with Gasteiger partial charge in [-0.15, -0.1) is 0 Å². The van der Waals surface area contributed by atoms with Gasteiger partial charge in [0, 0.05) is 5.92 Å². The van der Waals surface area contributed by atoms with Crippen LogP contribution < -0.4 is 0 Å². The van der Waals surface area contributed by atoms with E-state index in [1.165, 1.54) is 0 Å². The van der Waals surface area contributed by atoms with E-state index in [-0.39, 0.29) is 12.3 Å². The van der Waals surface area contributed by atoms with E-state index in [1.54, 1.807) is 25.3 Å². The third-order valence-electron chi connectivity index (χ3n) is 1.93. The highest BCUT2D eigenvalue weighted by Crippen LogP contribution is 2.23. The first kappa shape index (κ1) is 9.58. The minimum Gasteiger partial charge on any atom is -0.497 e. The molecule has 13 heavy (non-hydrogen) atoms. The number of hydrogen-bond donors (Lipinski definition) is 1. The molecule has 0 aliphatic heterocycles. The van der Waals surface area contributed by atoms with E-state index < -0.39 is 5.97 Å². The maximum Gasteiger partial charge on any atom is 0.304 e. The molecule has 0 aromatic carbocycles. The van der Waals surface area contributed by atoms with Crippen LogP contribution in [0.1, 0.15) is 6.42 Å². The number of rotatable bonds is 3. The summed E-state index contributed by atoms with van der Waals surface area (Å²) in [7, 11) is 1.57. The van der Waals surface area contributed by atoms with Gasteiger partial charge in [-0.05, 0) is 17.7 Å². The first-order valence-corrected chi connectivity index (χ1v) is 3.98. The fourth-order valence-corrected chi connectivity index (χ4v) is 1.19. The van der Waals surface area contributed by atoms with Crippen LogP contribution in [0.4, 0.5) is 0 Å². The normalized spacial score (nSPS) is 21.2. The Bertz CT molecular complexity index is 287. The summed E-state index contributed by atoms with van der Waals surface area (Å²) in [4.78, 5) is 10.4. The molecule has 1 unspecified atom stereocenters. The van der Waals surface area contributed by atoms with Crippen molar-refractivity contribution in [1.82, 2.24) is 0 Å². The summed E-state index contributed by atoms with van der Waals surface area (Å²) in [5.41, 5.74) is 0.779. The average molecular weight is 180 g/mol. The lowest BCUT2D eigenvalue weighted by atomic mass is 9.92. The van der Waals surface area contributed by atoms with Gasteiger partial charge in [0.15, 0.2) is 0 Å². The van der Waals surface area contributed by atoms with Gasteiger partial charge in [-0.25, -0.2) is 0 Å². The predicted molar refractivity (Wildman–Crippen MR) is 49.1 cm³/mol. The molecule has 1 aliphatic carbocycles. The Morgan fingerprint density at radius 2 is 2.46 bits per heavy atom. The van der Waals surface area contributed by atoms with Crippen LogP contribution in [0, 0.1) is 5.92 Å². The quantitative estimate of drug-likeness (QED) is 0.719. The summed E-state index contributed by atoms with van der Waals surface area (Å²) < 4.78 is 4.98. The molecule has 0 heterocycles. The fourth-order valence-electron chi connectivity index (χ4n) is 1.19. The molecule has 3 nitrogen and oxygen atoms in total. The molecule has 0 spiro atoms. The SMILES string of the molecule is C=C1C=C(OC)C=CC1CC(=O)O. The van der Waals surface area contributed by atoms with E-state index in [0.29, 0.717) is 5.76 Å². The fraction of sp³-hybridized carbons (Fsp3) is 0.300. The van der Waals surface area contributed by atoms with Gasteiger partial charge in [-0.2, -0.15) is 0 Å². The smallest absolute Gasteiger partial charge is 0.304 e. The largest absolute Gasteiger partial charge is 0.497 e. The summed E-state index contributed by atoms with van der Waals surface area (Å²) >= 11 is 0. The maximum atomic E-state index is 10.4. The van der Waals surface area contributed by atoms with Gasteiger partial charge >= 0.3 is 5.97 Å². The molecular weight excluding hydrogens is 168 g/mol. The Hall–Kier alpha value is -1.51. The molecule has 0 aromatic heterocycles. The Balaban J connectivity index is 2.66. The molecule has 70 valence electrons. The zero-order valence-electron chi connectivity index (χ0n) is 7.49. The van der Waals surface area contributed by atoms with Gasteiger partial charge in [0.2, 0.25) is 0 Å². The van der Waals surface area contributed by atoms with Crippen LogP contribution in [0.2, 0.25) is 0 Å². The molecule has 0 aromatic rings. The third kappa shape index (κ3) is 2.47. The monoisotopic (exact) mass is 180 g/mol. The molecule has 0 bridgehead atoms. The van der Waals surface area contributed by atoms with E-state index >= 15 is 0 Å². The van der Waals surface area contributed by atoms with E-state index in [0.717, 1.165) is 5.57 Å². The second kappa shape index (κ2) is 3.94. The number of methoxy groups -OCH3 is 1. The number of carboxylic acids is 1. The van der Waals surface area contributed by atoms with Crippen LogP contribution in [0.5, 0.6) is 0 Å². The predicted octanol–water partition coefficient (Wildman–Crippen LogP) is 1.73. The highest BCUT2D eigenvalue weighted by atomic mass is 16.5. The minimum absolute atomic E-state index is 0.0861. The second-order valence-electron chi connectivity index (χ2n) is 2.89. The van der Waals surface area contributed by atoms with Gasteiger partial charge < -0.3 is 9.84 Å². The van der Waals surface area contributed by atoms with E-state index in [9.17, 15) is 4.79 Å². The third-order valence-corrected chi connectivity index (χ3v) is 1.93. The van der Waals surface area contributed by atoms with Crippen molar-refractivity contribution in [2.24, 2.45) is 5.92 Å². The molecular formula is C10H12O3. The summed E-state index contributed by atoms with van der Waals surface area (Å²) in [6.45, 7) is 3.78. The highest BCUT2D eigenvalue weighted by molar-refractivity contribution is 5.68. The summed E-state index contributed by atoms with van der Waals surface area (Å²) in [5.74, 6) is -0.201. The number of allylic oxidation sites excluding steroid dienone is 4. The lowest BCUT2D eigenvalue weighted by Crippen LogP contribution is -2.09. The van der Waals surface area contributed by atoms with Crippen LogP contribution in [-0.4, -0.2) is 18.2 Å². The number of ether oxygens (including phenoxy) is 1. The molecule has 1 rings (SSSR count). The van der Waals surface area contributed by atoms with Crippen LogP contribution in [0.15, 0.2) is 36.1 Å². The Morgan fingerprint density at radius 1 is 1.77 bits per heavy atom. The van der Waals surface area contributed by atoms with Crippen molar-refractivity contribution < 1.29 is 14.6 Å². The van der Waals surface area contributed by atoms with Crippen molar-refractivity contribution >= 4 is 5.97 Å². The number of aliphatic carboxylic acids is 1. The summed E-state index contributed by atoms with van der Waals surface area (Å²) in [5, 5.41) is 8.58. The van der Waals surface area contributed by atoms with Crippen LogP contribution in [0.25, 0.3) is 0 Å².